The fourth-order valence-electron chi connectivity index (χ4n) is 2.83. The number of carbonyl (C=O) groups is 1. The molecule has 0 unspecified atom stereocenters. The highest BCUT2D eigenvalue weighted by molar-refractivity contribution is 7.98. The van der Waals surface area contributed by atoms with E-state index < -0.39 is 5.97 Å². The van der Waals surface area contributed by atoms with Crippen LogP contribution < -0.4 is 5.73 Å². The van der Waals surface area contributed by atoms with Gasteiger partial charge in [-0.05, 0) is 26.0 Å². The minimum absolute atomic E-state index is 0.195. The lowest BCUT2D eigenvalue weighted by molar-refractivity contribution is 0.0526. The van der Waals surface area contributed by atoms with E-state index in [1.54, 1.807) is 13.8 Å². The Bertz CT molecular complexity index is 1120. The van der Waals surface area contributed by atoms with Gasteiger partial charge >= 0.3 is 5.97 Å². The molecule has 8 nitrogen and oxygen atoms in total. The number of nitrogens with two attached hydrogens (primary N) is 1. The molecule has 0 saturated heterocycles. The molecule has 0 aliphatic heterocycles. The highest BCUT2D eigenvalue weighted by Crippen LogP contribution is 2.30. The molecule has 1 aromatic carbocycles. The molecule has 3 N–H and O–H groups in total. The van der Waals surface area contributed by atoms with Crippen LogP contribution in [0.15, 0.2) is 33.8 Å². The Labute approximate surface area is 158 Å². The third-order valence-corrected chi connectivity index (χ3v) is 4.86. The van der Waals surface area contributed by atoms with Crippen LogP contribution in [0.1, 0.15) is 28.9 Å². The van der Waals surface area contributed by atoms with Crippen LogP contribution in [0.25, 0.3) is 22.1 Å². The maximum absolute atomic E-state index is 12.2. The van der Waals surface area contributed by atoms with Gasteiger partial charge in [0.05, 0.1) is 28.8 Å². The molecular weight excluding hydrogens is 366 g/mol. The number of ether oxygens (including phenoxy) is 1. The number of aryl methyl sites for hydroxylation is 1. The lowest BCUT2D eigenvalue weighted by Crippen LogP contribution is -2.07. The maximum atomic E-state index is 12.2. The van der Waals surface area contributed by atoms with Gasteiger partial charge < -0.3 is 19.9 Å². The normalized spacial score (nSPS) is 11.3. The number of para-hydroxylation sites is 2. The number of imidazole rings is 1. The number of esters is 1. The van der Waals surface area contributed by atoms with Crippen molar-refractivity contribution >= 4 is 45.7 Å². The first-order chi connectivity index (χ1) is 13.1. The van der Waals surface area contributed by atoms with Crippen LogP contribution in [0.2, 0.25) is 0 Å². The van der Waals surface area contributed by atoms with Gasteiger partial charge in [-0.2, -0.15) is 4.98 Å². The molecule has 4 aromatic rings. The quantitative estimate of drug-likeness (QED) is 0.397. The summed E-state index contributed by atoms with van der Waals surface area (Å²) < 4.78 is 10.7. The molecule has 9 heteroatoms. The van der Waals surface area contributed by atoms with Crippen molar-refractivity contribution in [3.63, 3.8) is 0 Å². The number of hydrogen-bond acceptors (Lipinski definition) is 8. The number of hydrogen-bond donors (Lipinski definition) is 2. The van der Waals surface area contributed by atoms with E-state index in [0.29, 0.717) is 22.7 Å². The largest absolute Gasteiger partial charge is 0.462 e. The van der Waals surface area contributed by atoms with Crippen LogP contribution in [0.5, 0.6) is 0 Å². The van der Waals surface area contributed by atoms with E-state index in [4.69, 9.17) is 14.9 Å². The third kappa shape index (κ3) is 3.21. The molecule has 0 spiro atoms. The Kier molecular flexibility index (Phi) is 4.44. The first kappa shape index (κ1) is 17.3. The molecule has 3 heterocycles. The first-order valence-corrected chi connectivity index (χ1v) is 9.35. The van der Waals surface area contributed by atoms with Crippen LogP contribution >= 0.6 is 11.8 Å². The smallest absolute Gasteiger partial charge is 0.342 e. The van der Waals surface area contributed by atoms with Gasteiger partial charge in [0.15, 0.2) is 5.16 Å². The zero-order valence-electron chi connectivity index (χ0n) is 14.8. The number of fused-ring (bicyclic) bond motifs is 2. The number of thioether (sulfide) groups is 1. The van der Waals surface area contributed by atoms with Crippen LogP contribution in [0.3, 0.4) is 0 Å². The minimum atomic E-state index is -0.492. The average Bonchev–Trinajstić information content (AvgIpc) is 3.20. The number of rotatable bonds is 5. The number of furan rings is 1. The molecular formula is C18H17N5O3S. The molecule has 0 atom stereocenters. The van der Waals surface area contributed by atoms with E-state index in [2.05, 4.69) is 19.9 Å². The Hall–Kier alpha value is -3.07. The average molecular weight is 383 g/mol. The van der Waals surface area contributed by atoms with Crippen LogP contribution in [0.4, 0.5) is 5.82 Å². The first-order valence-electron chi connectivity index (χ1n) is 8.37. The molecule has 0 saturated carbocycles. The Balaban J connectivity index is 1.62. The summed E-state index contributed by atoms with van der Waals surface area (Å²) in [6.45, 7) is 3.68. The Morgan fingerprint density at radius 2 is 2.11 bits per heavy atom. The second kappa shape index (κ2) is 6.92. The number of nitrogens with zero attached hydrogens (tertiary/aromatic N) is 3. The summed E-state index contributed by atoms with van der Waals surface area (Å²) in [7, 11) is 0. The second-order valence-electron chi connectivity index (χ2n) is 5.81. The lowest BCUT2D eigenvalue weighted by atomic mass is 10.2. The zero-order valence-corrected chi connectivity index (χ0v) is 15.6. The van der Waals surface area contributed by atoms with E-state index in [-0.39, 0.29) is 23.7 Å². The Morgan fingerprint density at radius 1 is 1.30 bits per heavy atom. The number of nitrogens with one attached hydrogen (secondary N) is 1. The number of benzene rings is 1. The monoisotopic (exact) mass is 383 g/mol. The van der Waals surface area contributed by atoms with Gasteiger partial charge in [-0.1, -0.05) is 23.9 Å². The van der Waals surface area contributed by atoms with E-state index in [1.165, 1.54) is 11.8 Å². The molecule has 3 aromatic heterocycles. The van der Waals surface area contributed by atoms with Gasteiger partial charge in [-0.25, -0.2) is 14.8 Å². The molecule has 27 heavy (non-hydrogen) atoms. The van der Waals surface area contributed by atoms with Gasteiger partial charge in [-0.15, -0.1) is 0 Å². The molecule has 0 aliphatic rings. The number of anilines is 1. The second-order valence-corrected chi connectivity index (χ2v) is 6.77. The summed E-state index contributed by atoms with van der Waals surface area (Å²) in [5.74, 6) is 1.06. The fraction of sp³-hybridized carbons (Fsp3) is 0.222. The van der Waals surface area contributed by atoms with Crippen LogP contribution in [-0.2, 0) is 10.5 Å². The van der Waals surface area contributed by atoms with Crippen LogP contribution in [-0.4, -0.2) is 32.5 Å². The molecule has 0 aliphatic carbocycles. The van der Waals surface area contributed by atoms with Crippen molar-refractivity contribution < 1.29 is 13.9 Å². The number of aromatic nitrogens is 4. The van der Waals surface area contributed by atoms with E-state index in [0.717, 1.165) is 16.2 Å². The predicted octanol–water partition coefficient (Wildman–Crippen LogP) is 3.46. The summed E-state index contributed by atoms with van der Waals surface area (Å²) >= 11 is 1.46. The third-order valence-electron chi connectivity index (χ3n) is 3.99. The van der Waals surface area contributed by atoms with Crippen molar-refractivity contribution in [3.8, 4) is 0 Å². The summed E-state index contributed by atoms with van der Waals surface area (Å²) in [4.78, 5) is 28.6. The number of carbonyl (C=O) groups excluding carboxylic acids is 1. The topological polar surface area (TPSA) is 120 Å². The lowest BCUT2D eigenvalue weighted by Gasteiger charge is -2.03. The highest BCUT2D eigenvalue weighted by Gasteiger charge is 2.23. The summed E-state index contributed by atoms with van der Waals surface area (Å²) in [5.41, 5.74) is 8.51. The van der Waals surface area contributed by atoms with Crippen molar-refractivity contribution in [3.05, 3.63) is 41.4 Å². The molecule has 138 valence electrons. The van der Waals surface area contributed by atoms with E-state index in [9.17, 15) is 4.79 Å². The van der Waals surface area contributed by atoms with Gasteiger partial charge in [0, 0.05) is 0 Å². The van der Waals surface area contributed by atoms with Crippen molar-refractivity contribution in [1.29, 1.82) is 0 Å². The molecule has 0 fully saturated rings. The van der Waals surface area contributed by atoms with Crippen molar-refractivity contribution in [2.24, 2.45) is 0 Å². The molecule has 0 bridgehead atoms. The fourth-order valence-corrected chi connectivity index (χ4v) is 3.57. The standard InChI is InChI=1S/C18H17N5O3S/c1-3-25-17(24)13-9(2)26-16-14(13)15(19)22-12(23-16)8-27-18-20-10-6-4-5-7-11(10)21-18/h4-7H,3,8H2,1-2H3,(H,20,21)(H2,19,22,23). The van der Waals surface area contributed by atoms with E-state index >= 15 is 0 Å². The van der Waals surface area contributed by atoms with Crippen molar-refractivity contribution in [2.75, 3.05) is 12.3 Å². The van der Waals surface area contributed by atoms with Crippen molar-refractivity contribution in [1.82, 2.24) is 19.9 Å². The number of H-pyrrole nitrogens is 1. The predicted molar refractivity (Wildman–Crippen MR) is 103 cm³/mol. The van der Waals surface area contributed by atoms with Gasteiger partial charge in [0.2, 0.25) is 5.71 Å². The van der Waals surface area contributed by atoms with E-state index in [1.807, 2.05) is 24.3 Å². The highest BCUT2D eigenvalue weighted by atomic mass is 32.2. The van der Waals surface area contributed by atoms with Crippen molar-refractivity contribution in [2.45, 2.75) is 24.8 Å². The summed E-state index contributed by atoms with van der Waals surface area (Å²) in [6.07, 6.45) is 0. The van der Waals surface area contributed by atoms with Gasteiger partial charge in [0.1, 0.15) is 23.0 Å². The number of nitrogen functional groups attached to an aromatic ring is 1. The van der Waals surface area contributed by atoms with Gasteiger partial charge in [0.25, 0.3) is 0 Å². The molecule has 0 amide bonds. The summed E-state index contributed by atoms with van der Waals surface area (Å²) in [5, 5.41) is 1.16. The minimum Gasteiger partial charge on any atom is -0.462 e. The zero-order chi connectivity index (χ0) is 19.0. The Morgan fingerprint density at radius 3 is 2.89 bits per heavy atom. The molecule has 4 rings (SSSR count). The van der Waals surface area contributed by atoms with Crippen LogP contribution in [0, 0.1) is 6.92 Å². The summed E-state index contributed by atoms with van der Waals surface area (Å²) in [6, 6.07) is 7.80. The van der Waals surface area contributed by atoms with Gasteiger partial charge in [-0.3, -0.25) is 0 Å². The number of aromatic amines is 1. The maximum Gasteiger partial charge on any atom is 0.342 e. The SMILES string of the molecule is CCOC(=O)c1c(C)oc2nc(CSc3nc4ccccc4[nH]3)nc(N)c12. The molecule has 0 radical (unpaired) electrons.